The summed E-state index contributed by atoms with van der Waals surface area (Å²) < 4.78 is 0.865. The zero-order valence-corrected chi connectivity index (χ0v) is 14.6. The molecule has 0 aromatic carbocycles. The zero-order chi connectivity index (χ0) is 16.0. The van der Waals surface area contributed by atoms with E-state index in [1.807, 2.05) is 24.9 Å². The summed E-state index contributed by atoms with van der Waals surface area (Å²) in [5.41, 5.74) is 0. The lowest BCUT2D eigenvalue weighted by molar-refractivity contribution is -0.136. The van der Waals surface area contributed by atoms with Crippen molar-refractivity contribution in [3.8, 4) is 0 Å². The van der Waals surface area contributed by atoms with Crippen molar-refractivity contribution in [2.75, 3.05) is 0 Å². The van der Waals surface area contributed by atoms with Crippen LogP contribution in [0.1, 0.15) is 38.6 Å². The number of H-pyrrole nitrogens is 1. The third kappa shape index (κ3) is 2.80. The van der Waals surface area contributed by atoms with Crippen LogP contribution in [0.2, 0.25) is 0 Å². The topological polar surface area (TPSA) is 98.3 Å². The Morgan fingerprint density at radius 2 is 2.23 bits per heavy atom. The maximum absolute atomic E-state index is 12.9. The van der Waals surface area contributed by atoms with Gasteiger partial charge in [0, 0.05) is 12.2 Å². The minimum Gasteiger partial charge on any atom is -0.465 e. The molecule has 22 heavy (non-hydrogen) atoms. The zero-order valence-electron chi connectivity index (χ0n) is 12.4. The second-order valence-corrected chi connectivity index (χ2v) is 7.45. The molecule has 2 fully saturated rings. The van der Waals surface area contributed by atoms with Gasteiger partial charge in [0.1, 0.15) is 15.6 Å². The fourth-order valence-electron chi connectivity index (χ4n) is 3.31. The predicted molar refractivity (Wildman–Crippen MR) is 87.2 cm³/mol. The number of halogens is 1. The van der Waals surface area contributed by atoms with Crippen molar-refractivity contribution in [2.24, 2.45) is 11.8 Å². The number of imidazole rings is 1. The fraction of sp³-hybridized carbons (Fsp3) is 0.643. The molecule has 2 amide bonds. The molecule has 3 N–H and O–H groups in total. The first-order chi connectivity index (χ1) is 10.4. The van der Waals surface area contributed by atoms with Crippen LogP contribution in [0.3, 0.4) is 0 Å². The molecule has 0 radical (unpaired) electrons. The largest absolute Gasteiger partial charge is 0.465 e. The number of nitrogens with one attached hydrogen (secondary N) is 2. The van der Waals surface area contributed by atoms with Gasteiger partial charge in [-0.2, -0.15) is 0 Å². The Morgan fingerprint density at radius 1 is 1.50 bits per heavy atom. The summed E-state index contributed by atoms with van der Waals surface area (Å²) in [5, 5.41) is 11.4. The van der Waals surface area contributed by atoms with Crippen molar-refractivity contribution < 1.29 is 14.7 Å². The number of amides is 2. The first-order valence-corrected chi connectivity index (χ1v) is 8.48. The van der Waals surface area contributed by atoms with Gasteiger partial charge in [-0.05, 0) is 47.3 Å². The van der Waals surface area contributed by atoms with E-state index < -0.39 is 12.1 Å². The van der Waals surface area contributed by atoms with Gasteiger partial charge in [0.25, 0.3) is 0 Å². The van der Waals surface area contributed by atoms with Crippen molar-refractivity contribution in [3.05, 3.63) is 15.7 Å². The van der Waals surface area contributed by atoms with Crippen LogP contribution in [0.25, 0.3) is 0 Å². The number of aromatic nitrogens is 2. The Morgan fingerprint density at radius 3 is 2.77 bits per heavy atom. The van der Waals surface area contributed by atoms with E-state index in [9.17, 15) is 9.59 Å². The summed E-state index contributed by atoms with van der Waals surface area (Å²) >= 11 is 2.13. The maximum atomic E-state index is 12.9. The number of hydrogen-bond donors (Lipinski definition) is 3. The second-order valence-electron chi connectivity index (χ2n) is 6.34. The SMILES string of the molecule is CC(C)[C@H](NC(=O)O)C(=O)N1[C@@H]2C[C@@H]2C[C@H]1c1nc(I)c[nH]1. The standard InChI is InChI=1S/C14H19IN4O3/c1-6(2)11(18-14(21)22)13(20)19-8-3-7(8)4-9(19)12-16-5-10(15)17-12/h5-9,11,18H,3-4H2,1-2H3,(H,16,17)(H,21,22)/t7-,8-,9+,11+/m1/s1. The summed E-state index contributed by atoms with van der Waals surface area (Å²) in [6.07, 6.45) is 2.57. The Labute approximate surface area is 142 Å². The Hall–Kier alpha value is -1.32. The molecular formula is C14H19IN4O3. The summed E-state index contributed by atoms with van der Waals surface area (Å²) in [5.74, 6) is 1.08. The van der Waals surface area contributed by atoms with Crippen molar-refractivity contribution >= 4 is 34.6 Å². The second kappa shape index (κ2) is 5.71. The van der Waals surface area contributed by atoms with Crippen LogP contribution in [0.4, 0.5) is 4.79 Å². The molecule has 2 aliphatic rings. The molecule has 8 heteroatoms. The van der Waals surface area contributed by atoms with E-state index in [0.29, 0.717) is 5.92 Å². The summed E-state index contributed by atoms with van der Waals surface area (Å²) in [6.45, 7) is 3.70. The van der Waals surface area contributed by atoms with Gasteiger partial charge >= 0.3 is 6.09 Å². The third-order valence-electron chi connectivity index (χ3n) is 4.45. The first-order valence-electron chi connectivity index (χ1n) is 7.41. The number of carbonyl (C=O) groups excluding carboxylic acids is 1. The average Bonchev–Trinajstić information content (AvgIpc) is 2.89. The van der Waals surface area contributed by atoms with E-state index in [1.165, 1.54) is 0 Å². The molecule has 3 rings (SSSR count). The van der Waals surface area contributed by atoms with Crippen molar-refractivity contribution in [1.29, 1.82) is 0 Å². The molecular weight excluding hydrogens is 399 g/mol. The van der Waals surface area contributed by atoms with Crippen molar-refractivity contribution in [1.82, 2.24) is 20.2 Å². The molecule has 0 spiro atoms. The van der Waals surface area contributed by atoms with E-state index in [0.717, 1.165) is 22.4 Å². The van der Waals surface area contributed by atoms with Gasteiger partial charge in [0.15, 0.2) is 0 Å². The molecule has 4 atom stereocenters. The quantitative estimate of drug-likeness (QED) is 0.652. The number of carboxylic acid groups (broad SMARTS) is 1. The van der Waals surface area contributed by atoms with Crippen LogP contribution in [-0.2, 0) is 4.79 Å². The summed E-state index contributed by atoms with van der Waals surface area (Å²) in [7, 11) is 0. The lowest BCUT2D eigenvalue weighted by Gasteiger charge is -2.31. The van der Waals surface area contributed by atoms with Gasteiger partial charge in [-0.3, -0.25) is 4.79 Å². The molecule has 0 unspecified atom stereocenters. The molecule has 7 nitrogen and oxygen atoms in total. The number of rotatable bonds is 4. The predicted octanol–water partition coefficient (Wildman–Crippen LogP) is 1.97. The van der Waals surface area contributed by atoms with Crippen LogP contribution in [0, 0.1) is 15.5 Å². The molecule has 0 bridgehead atoms. The van der Waals surface area contributed by atoms with E-state index >= 15 is 0 Å². The summed E-state index contributed by atoms with van der Waals surface area (Å²) in [6, 6.07) is -0.554. The average molecular weight is 418 g/mol. The number of piperidine rings is 1. The minimum absolute atomic E-state index is 0.0726. The lowest BCUT2D eigenvalue weighted by atomic mass is 10.0. The molecule has 2 heterocycles. The van der Waals surface area contributed by atoms with Crippen LogP contribution in [-0.4, -0.2) is 44.1 Å². The first kappa shape index (κ1) is 15.6. The highest BCUT2D eigenvalue weighted by Gasteiger charge is 2.56. The van der Waals surface area contributed by atoms with Gasteiger partial charge in [0.2, 0.25) is 5.91 Å². The molecule has 120 valence electrons. The Kier molecular flexibility index (Phi) is 4.04. The third-order valence-corrected chi connectivity index (χ3v) is 5.01. The van der Waals surface area contributed by atoms with Crippen LogP contribution >= 0.6 is 22.6 Å². The van der Waals surface area contributed by atoms with Gasteiger partial charge in [-0.25, -0.2) is 9.78 Å². The highest BCUT2D eigenvalue weighted by molar-refractivity contribution is 14.1. The highest BCUT2D eigenvalue weighted by Crippen LogP contribution is 2.53. The maximum Gasteiger partial charge on any atom is 0.405 e. The van der Waals surface area contributed by atoms with E-state index in [2.05, 4.69) is 37.9 Å². The molecule has 1 saturated carbocycles. The van der Waals surface area contributed by atoms with Gasteiger partial charge in [-0.1, -0.05) is 13.8 Å². The minimum atomic E-state index is -1.16. The van der Waals surface area contributed by atoms with Crippen molar-refractivity contribution in [2.45, 2.75) is 44.8 Å². The van der Waals surface area contributed by atoms with E-state index in [-0.39, 0.29) is 23.9 Å². The van der Waals surface area contributed by atoms with E-state index in [4.69, 9.17) is 5.11 Å². The normalized spacial score (nSPS) is 27.6. The number of carbonyl (C=O) groups is 2. The van der Waals surface area contributed by atoms with E-state index in [1.54, 1.807) is 0 Å². The molecule has 1 aromatic rings. The number of hydrogen-bond acceptors (Lipinski definition) is 3. The van der Waals surface area contributed by atoms with Crippen LogP contribution < -0.4 is 5.32 Å². The highest BCUT2D eigenvalue weighted by atomic mass is 127. The molecule has 1 aliphatic heterocycles. The van der Waals surface area contributed by atoms with Crippen LogP contribution in [0.5, 0.6) is 0 Å². The van der Waals surface area contributed by atoms with Gasteiger partial charge in [0.05, 0.1) is 6.04 Å². The van der Waals surface area contributed by atoms with Crippen molar-refractivity contribution in [3.63, 3.8) is 0 Å². The number of fused-ring (bicyclic) bond motifs is 1. The van der Waals surface area contributed by atoms with Crippen LogP contribution in [0.15, 0.2) is 6.20 Å². The molecule has 1 aromatic heterocycles. The van der Waals surface area contributed by atoms with Gasteiger partial charge in [-0.15, -0.1) is 0 Å². The molecule has 1 aliphatic carbocycles. The number of likely N-dealkylation sites (tertiary alicyclic amines) is 1. The lowest BCUT2D eigenvalue weighted by Crippen LogP contribution is -2.51. The smallest absolute Gasteiger partial charge is 0.405 e. The molecule has 1 saturated heterocycles. The summed E-state index contributed by atoms with van der Waals surface area (Å²) in [4.78, 5) is 33.3. The Bertz CT molecular complexity index is 603. The monoisotopic (exact) mass is 418 g/mol. The number of aromatic amines is 1. The van der Waals surface area contributed by atoms with Gasteiger partial charge < -0.3 is 20.3 Å². The number of nitrogens with zero attached hydrogens (tertiary/aromatic N) is 2. The fourth-order valence-corrected chi connectivity index (χ4v) is 3.72. The Balaban J connectivity index is 1.83.